The highest BCUT2D eigenvalue weighted by Gasteiger charge is 2.29. The lowest BCUT2D eigenvalue weighted by Crippen LogP contribution is -2.23. The number of nitrogens with zero attached hydrogens (tertiary/aromatic N) is 2. The lowest BCUT2D eigenvalue weighted by Gasteiger charge is -2.16. The molecule has 1 aliphatic heterocycles. The third kappa shape index (κ3) is 3.72. The Morgan fingerprint density at radius 2 is 2.00 bits per heavy atom. The molecule has 0 saturated heterocycles. The first kappa shape index (κ1) is 18.6. The van der Waals surface area contributed by atoms with Crippen LogP contribution in [0.5, 0.6) is 0 Å². The van der Waals surface area contributed by atoms with Crippen LogP contribution < -0.4 is 16.0 Å². The molecule has 1 saturated carbocycles. The number of carbonyl (C=O) groups excluding carboxylic acids is 1. The third-order valence-electron chi connectivity index (χ3n) is 5.64. The molecule has 0 spiro atoms. The van der Waals surface area contributed by atoms with Gasteiger partial charge in [-0.05, 0) is 55.1 Å². The van der Waals surface area contributed by atoms with Crippen molar-refractivity contribution < 1.29 is 4.79 Å². The zero-order valence-corrected chi connectivity index (χ0v) is 16.9. The van der Waals surface area contributed by atoms with Crippen LogP contribution in [0.1, 0.15) is 35.1 Å². The van der Waals surface area contributed by atoms with Gasteiger partial charge in [0.2, 0.25) is 5.91 Å². The fraction of sp³-hybridized carbons (Fsp3) is 0.292. The van der Waals surface area contributed by atoms with Crippen LogP contribution >= 0.6 is 0 Å². The summed E-state index contributed by atoms with van der Waals surface area (Å²) in [6.45, 7) is 1.93. The van der Waals surface area contributed by atoms with E-state index >= 15 is 0 Å². The number of hydrogen-bond donors (Lipinski definition) is 3. The maximum absolute atomic E-state index is 12.1. The molecule has 3 N–H and O–H groups in total. The molecule has 0 unspecified atom stereocenters. The molecule has 1 amide bonds. The summed E-state index contributed by atoms with van der Waals surface area (Å²) in [6, 6.07) is 8.30. The third-order valence-corrected chi connectivity index (χ3v) is 5.64. The number of anilines is 2. The Morgan fingerprint density at radius 3 is 2.83 bits per heavy atom. The van der Waals surface area contributed by atoms with E-state index in [0.29, 0.717) is 5.82 Å². The minimum Gasteiger partial charge on any atom is -0.373 e. The van der Waals surface area contributed by atoms with E-state index in [1.165, 1.54) is 11.1 Å². The zero-order chi connectivity index (χ0) is 20.5. The fourth-order valence-electron chi connectivity index (χ4n) is 3.77. The largest absolute Gasteiger partial charge is 0.373 e. The zero-order valence-electron chi connectivity index (χ0n) is 16.9. The van der Waals surface area contributed by atoms with Crippen molar-refractivity contribution in [1.82, 2.24) is 15.3 Å². The van der Waals surface area contributed by atoms with Crippen LogP contribution in [0.25, 0.3) is 10.8 Å². The van der Waals surface area contributed by atoms with Crippen LogP contribution in [-0.2, 0) is 17.8 Å². The summed E-state index contributed by atoms with van der Waals surface area (Å²) in [5, 5.41) is 11.2. The smallest absolute Gasteiger partial charge is 0.228 e. The Hall–Kier alpha value is -3.43. The van der Waals surface area contributed by atoms with E-state index in [0.717, 1.165) is 60.1 Å². The summed E-state index contributed by atoms with van der Waals surface area (Å²) in [5.74, 6) is 8.04. The molecule has 3 heterocycles. The average molecular weight is 397 g/mol. The molecular weight excluding hydrogens is 374 g/mol. The second-order valence-corrected chi connectivity index (χ2v) is 7.81. The minimum absolute atomic E-state index is 0.0425. The second kappa shape index (κ2) is 7.77. The van der Waals surface area contributed by atoms with Crippen molar-refractivity contribution >= 4 is 28.3 Å². The van der Waals surface area contributed by atoms with E-state index in [-0.39, 0.29) is 11.8 Å². The molecular formula is C24H23N5O. The molecule has 3 aromatic rings. The van der Waals surface area contributed by atoms with Crippen molar-refractivity contribution in [2.45, 2.75) is 25.8 Å². The highest BCUT2D eigenvalue weighted by molar-refractivity contribution is 5.99. The van der Waals surface area contributed by atoms with Gasteiger partial charge in [-0.1, -0.05) is 17.9 Å². The minimum atomic E-state index is 0.0425. The molecule has 0 radical (unpaired) electrons. The molecule has 1 aliphatic carbocycles. The molecule has 6 heteroatoms. The van der Waals surface area contributed by atoms with Gasteiger partial charge in [-0.2, -0.15) is 0 Å². The van der Waals surface area contributed by atoms with E-state index in [1.807, 2.05) is 13.1 Å². The van der Waals surface area contributed by atoms with E-state index in [4.69, 9.17) is 0 Å². The molecule has 2 aromatic heterocycles. The first-order chi connectivity index (χ1) is 14.7. The van der Waals surface area contributed by atoms with Gasteiger partial charge in [0.15, 0.2) is 0 Å². The standard InChI is InChI=1S/C24H23N5O/c1-25-23-21-14-27-22(29-24(30)16-6-7-16)11-20(21)19(13-28-23)5-3-15-2-4-18-12-26-9-8-17(18)10-15/h2,4,10-11,13-14,16,26H,6-9,12H2,1H3,(H,25,28)(H,27,29,30). The number of aromatic nitrogens is 2. The molecule has 0 bridgehead atoms. The Labute approximate surface area is 175 Å². The molecule has 150 valence electrons. The van der Waals surface area contributed by atoms with Gasteiger partial charge in [-0.15, -0.1) is 0 Å². The Bertz CT molecular complexity index is 1200. The normalized spacial score (nSPS) is 15.1. The first-order valence-corrected chi connectivity index (χ1v) is 10.3. The quantitative estimate of drug-likeness (QED) is 0.592. The SMILES string of the molecule is CNc1ncc(C#Cc2ccc3c(c2)CCNC3)c2cc(NC(=O)C3CC3)ncc12. The van der Waals surface area contributed by atoms with Crippen LogP contribution in [0.4, 0.5) is 11.6 Å². The maximum Gasteiger partial charge on any atom is 0.228 e. The predicted molar refractivity (Wildman–Crippen MR) is 118 cm³/mol. The first-order valence-electron chi connectivity index (χ1n) is 10.3. The highest BCUT2D eigenvalue weighted by atomic mass is 16.2. The number of benzene rings is 1. The maximum atomic E-state index is 12.1. The van der Waals surface area contributed by atoms with Gasteiger partial charge >= 0.3 is 0 Å². The molecule has 5 rings (SSSR count). The number of hydrogen-bond acceptors (Lipinski definition) is 5. The van der Waals surface area contributed by atoms with Gasteiger partial charge in [0.05, 0.1) is 5.56 Å². The van der Waals surface area contributed by atoms with Crippen LogP contribution in [0.3, 0.4) is 0 Å². The van der Waals surface area contributed by atoms with Gasteiger partial charge in [-0.25, -0.2) is 9.97 Å². The summed E-state index contributed by atoms with van der Waals surface area (Å²) in [7, 11) is 1.83. The summed E-state index contributed by atoms with van der Waals surface area (Å²) >= 11 is 0. The van der Waals surface area contributed by atoms with E-state index in [2.05, 4.69) is 56.0 Å². The van der Waals surface area contributed by atoms with Crippen molar-refractivity contribution in [1.29, 1.82) is 0 Å². The van der Waals surface area contributed by atoms with Crippen molar-refractivity contribution in [2.75, 3.05) is 24.2 Å². The van der Waals surface area contributed by atoms with E-state index in [1.54, 1.807) is 12.4 Å². The predicted octanol–water partition coefficient (Wildman–Crippen LogP) is 3.07. The number of rotatable bonds is 3. The van der Waals surface area contributed by atoms with E-state index in [9.17, 15) is 4.79 Å². The lowest BCUT2D eigenvalue weighted by molar-refractivity contribution is -0.117. The molecule has 0 atom stereocenters. The number of fused-ring (bicyclic) bond motifs is 2. The van der Waals surface area contributed by atoms with Gasteiger partial charge in [0, 0.05) is 48.2 Å². The molecule has 1 aromatic carbocycles. The Balaban J connectivity index is 1.52. The molecule has 6 nitrogen and oxygen atoms in total. The Kier molecular flexibility index (Phi) is 4.82. The van der Waals surface area contributed by atoms with Crippen molar-refractivity contribution in [2.24, 2.45) is 5.92 Å². The number of amides is 1. The summed E-state index contributed by atoms with van der Waals surface area (Å²) < 4.78 is 0. The van der Waals surface area contributed by atoms with Crippen molar-refractivity contribution in [3.63, 3.8) is 0 Å². The van der Waals surface area contributed by atoms with Crippen molar-refractivity contribution in [3.05, 3.63) is 58.9 Å². The highest BCUT2D eigenvalue weighted by Crippen LogP contribution is 2.31. The fourth-order valence-corrected chi connectivity index (χ4v) is 3.77. The lowest BCUT2D eigenvalue weighted by atomic mass is 9.98. The van der Waals surface area contributed by atoms with Crippen LogP contribution in [0, 0.1) is 17.8 Å². The van der Waals surface area contributed by atoms with Gasteiger partial charge < -0.3 is 16.0 Å². The van der Waals surface area contributed by atoms with Gasteiger partial charge in [0.1, 0.15) is 11.6 Å². The van der Waals surface area contributed by atoms with Crippen LogP contribution in [0.15, 0.2) is 36.7 Å². The molecule has 2 aliphatic rings. The monoisotopic (exact) mass is 397 g/mol. The topological polar surface area (TPSA) is 78.9 Å². The number of carbonyl (C=O) groups is 1. The number of pyridine rings is 2. The number of nitrogens with one attached hydrogen (secondary N) is 3. The van der Waals surface area contributed by atoms with Crippen molar-refractivity contribution in [3.8, 4) is 11.8 Å². The Morgan fingerprint density at radius 1 is 1.10 bits per heavy atom. The average Bonchev–Trinajstić information content (AvgIpc) is 3.63. The van der Waals surface area contributed by atoms with Gasteiger partial charge in [-0.3, -0.25) is 4.79 Å². The summed E-state index contributed by atoms with van der Waals surface area (Å²) in [6.07, 6.45) is 6.47. The van der Waals surface area contributed by atoms with Crippen LogP contribution in [0.2, 0.25) is 0 Å². The second-order valence-electron chi connectivity index (χ2n) is 7.81. The van der Waals surface area contributed by atoms with Gasteiger partial charge in [0.25, 0.3) is 0 Å². The summed E-state index contributed by atoms with van der Waals surface area (Å²) in [5.41, 5.74) is 4.52. The molecule has 30 heavy (non-hydrogen) atoms. The molecule has 1 fully saturated rings. The summed E-state index contributed by atoms with van der Waals surface area (Å²) in [4.78, 5) is 21.0. The van der Waals surface area contributed by atoms with Crippen LogP contribution in [-0.4, -0.2) is 29.5 Å². The van der Waals surface area contributed by atoms with E-state index < -0.39 is 0 Å².